The Morgan fingerprint density at radius 3 is 2.86 bits per heavy atom. The lowest BCUT2D eigenvalue weighted by molar-refractivity contribution is 0.192. The highest BCUT2D eigenvalue weighted by molar-refractivity contribution is 5.85. The maximum atomic E-state index is 9.17. The van der Waals surface area contributed by atoms with Crippen molar-refractivity contribution >= 4 is 10.9 Å². The number of hydrogen-bond acceptors (Lipinski definition) is 2. The molecule has 1 aromatic heterocycles. The summed E-state index contributed by atoms with van der Waals surface area (Å²) in [6.45, 7) is 2.29. The SMILES string of the molecule is CCC(C1CCC[C@@H]1c1c[nH]c2ccc(C#N)cc12)N(C)C. The Labute approximate surface area is 132 Å². The Balaban J connectivity index is 2.01. The molecule has 0 spiro atoms. The van der Waals surface area contributed by atoms with Crippen LogP contribution in [0.2, 0.25) is 0 Å². The number of nitriles is 1. The van der Waals surface area contributed by atoms with E-state index < -0.39 is 0 Å². The smallest absolute Gasteiger partial charge is 0.0991 e. The summed E-state index contributed by atoms with van der Waals surface area (Å²) in [4.78, 5) is 5.79. The first kappa shape index (κ1) is 15.1. The van der Waals surface area contributed by atoms with Crippen LogP contribution in [-0.2, 0) is 0 Å². The molecule has 2 unspecified atom stereocenters. The minimum absolute atomic E-state index is 0.607. The zero-order valence-electron chi connectivity index (χ0n) is 13.8. The minimum Gasteiger partial charge on any atom is -0.361 e. The van der Waals surface area contributed by atoms with Crippen LogP contribution in [-0.4, -0.2) is 30.0 Å². The molecule has 3 nitrogen and oxygen atoms in total. The van der Waals surface area contributed by atoms with Crippen LogP contribution in [0.25, 0.3) is 10.9 Å². The lowest BCUT2D eigenvalue weighted by Gasteiger charge is -2.33. The number of nitrogens with zero attached hydrogens (tertiary/aromatic N) is 2. The fourth-order valence-corrected chi connectivity index (χ4v) is 4.40. The standard InChI is InChI=1S/C19H25N3/c1-4-19(22(2)3)15-7-5-6-14(15)17-12-21-18-9-8-13(11-20)10-16(17)18/h8-10,12,14-15,19,21H,4-7H2,1-3H3/t14-,15?,19?/m0/s1. The molecule has 0 aliphatic heterocycles. The topological polar surface area (TPSA) is 42.8 Å². The van der Waals surface area contributed by atoms with Gasteiger partial charge in [0.25, 0.3) is 0 Å². The van der Waals surface area contributed by atoms with E-state index in [0.717, 1.165) is 11.1 Å². The summed E-state index contributed by atoms with van der Waals surface area (Å²) in [6.07, 6.45) is 7.26. The van der Waals surface area contributed by atoms with E-state index in [1.165, 1.54) is 36.6 Å². The van der Waals surface area contributed by atoms with Crippen LogP contribution in [0, 0.1) is 17.2 Å². The number of hydrogen-bond donors (Lipinski definition) is 1. The molecule has 1 aromatic carbocycles. The van der Waals surface area contributed by atoms with Gasteiger partial charge < -0.3 is 9.88 Å². The highest BCUT2D eigenvalue weighted by atomic mass is 15.1. The molecule has 0 bridgehead atoms. The Kier molecular flexibility index (Phi) is 4.22. The summed E-state index contributed by atoms with van der Waals surface area (Å²) >= 11 is 0. The van der Waals surface area contributed by atoms with Crippen molar-refractivity contribution in [2.75, 3.05) is 14.1 Å². The largest absolute Gasteiger partial charge is 0.361 e. The highest BCUT2D eigenvalue weighted by Crippen LogP contribution is 2.45. The van der Waals surface area contributed by atoms with Gasteiger partial charge in [0.15, 0.2) is 0 Å². The van der Waals surface area contributed by atoms with Crippen molar-refractivity contribution in [3.63, 3.8) is 0 Å². The molecule has 0 saturated heterocycles. The maximum Gasteiger partial charge on any atom is 0.0991 e. The molecule has 3 atom stereocenters. The van der Waals surface area contributed by atoms with Gasteiger partial charge in [-0.2, -0.15) is 5.26 Å². The molecule has 1 saturated carbocycles. The Morgan fingerprint density at radius 1 is 1.36 bits per heavy atom. The van der Waals surface area contributed by atoms with Crippen LogP contribution in [0.15, 0.2) is 24.4 Å². The van der Waals surface area contributed by atoms with Crippen molar-refractivity contribution in [1.82, 2.24) is 9.88 Å². The van der Waals surface area contributed by atoms with E-state index in [1.807, 2.05) is 18.2 Å². The van der Waals surface area contributed by atoms with Crippen LogP contribution < -0.4 is 0 Å². The molecule has 0 radical (unpaired) electrons. The molecular weight excluding hydrogens is 270 g/mol. The molecule has 116 valence electrons. The number of aromatic amines is 1. The molecule has 1 fully saturated rings. The van der Waals surface area contributed by atoms with Gasteiger partial charge in [0.1, 0.15) is 0 Å². The number of aromatic nitrogens is 1. The fraction of sp³-hybridized carbons (Fsp3) is 0.526. The van der Waals surface area contributed by atoms with Crippen LogP contribution in [0.4, 0.5) is 0 Å². The first-order chi connectivity index (χ1) is 10.7. The summed E-state index contributed by atoms with van der Waals surface area (Å²) in [5.41, 5.74) is 3.31. The van der Waals surface area contributed by atoms with Crippen molar-refractivity contribution in [2.24, 2.45) is 5.92 Å². The Hall–Kier alpha value is -1.79. The predicted molar refractivity (Wildman–Crippen MR) is 90.9 cm³/mol. The third kappa shape index (κ3) is 2.53. The maximum absolute atomic E-state index is 9.17. The fourth-order valence-electron chi connectivity index (χ4n) is 4.40. The second-order valence-corrected chi connectivity index (χ2v) is 6.76. The molecule has 22 heavy (non-hydrogen) atoms. The summed E-state index contributed by atoms with van der Waals surface area (Å²) in [7, 11) is 4.40. The lowest BCUT2D eigenvalue weighted by Crippen LogP contribution is -2.35. The summed E-state index contributed by atoms with van der Waals surface area (Å²) in [5, 5.41) is 10.4. The normalized spacial score (nSPS) is 23.0. The van der Waals surface area contributed by atoms with Crippen LogP contribution in [0.3, 0.4) is 0 Å². The van der Waals surface area contributed by atoms with E-state index in [-0.39, 0.29) is 0 Å². The average molecular weight is 295 g/mol. The number of benzene rings is 1. The molecule has 3 rings (SSSR count). The number of fused-ring (bicyclic) bond motifs is 1. The zero-order valence-corrected chi connectivity index (χ0v) is 13.8. The molecule has 1 aliphatic rings. The minimum atomic E-state index is 0.607. The van der Waals surface area contributed by atoms with Crippen molar-refractivity contribution in [3.05, 3.63) is 35.5 Å². The third-order valence-corrected chi connectivity index (χ3v) is 5.39. The van der Waals surface area contributed by atoms with Crippen molar-refractivity contribution in [2.45, 2.75) is 44.6 Å². The van der Waals surface area contributed by atoms with Gasteiger partial charge in [-0.3, -0.25) is 0 Å². The second kappa shape index (κ2) is 6.14. The highest BCUT2D eigenvalue weighted by Gasteiger charge is 2.35. The number of H-pyrrole nitrogens is 1. The molecule has 2 aromatic rings. The van der Waals surface area contributed by atoms with Crippen LogP contribution >= 0.6 is 0 Å². The monoisotopic (exact) mass is 295 g/mol. The lowest BCUT2D eigenvalue weighted by atomic mass is 9.82. The van der Waals surface area contributed by atoms with E-state index in [2.05, 4.69) is 43.2 Å². The van der Waals surface area contributed by atoms with Gasteiger partial charge in [-0.15, -0.1) is 0 Å². The van der Waals surface area contributed by atoms with Crippen molar-refractivity contribution in [1.29, 1.82) is 5.26 Å². The van der Waals surface area contributed by atoms with Gasteiger partial charge in [-0.05, 0) is 69.0 Å². The number of nitrogens with one attached hydrogen (secondary N) is 1. The van der Waals surface area contributed by atoms with Gasteiger partial charge >= 0.3 is 0 Å². The molecule has 1 N–H and O–H groups in total. The van der Waals surface area contributed by atoms with Gasteiger partial charge in [0.2, 0.25) is 0 Å². The second-order valence-electron chi connectivity index (χ2n) is 6.76. The molecular formula is C19H25N3. The van der Waals surface area contributed by atoms with Gasteiger partial charge in [-0.1, -0.05) is 13.3 Å². The third-order valence-electron chi connectivity index (χ3n) is 5.39. The predicted octanol–water partition coefficient (Wildman–Crippen LogP) is 4.26. The summed E-state index contributed by atoms with van der Waals surface area (Å²) in [6, 6.07) is 8.88. The first-order valence-corrected chi connectivity index (χ1v) is 8.33. The van der Waals surface area contributed by atoms with Gasteiger partial charge in [0, 0.05) is 23.1 Å². The Bertz CT molecular complexity index is 692. The van der Waals surface area contributed by atoms with Crippen LogP contribution in [0.1, 0.15) is 49.7 Å². The zero-order chi connectivity index (χ0) is 15.7. The average Bonchev–Trinajstić information content (AvgIpc) is 3.13. The van der Waals surface area contributed by atoms with E-state index in [9.17, 15) is 5.26 Å². The summed E-state index contributed by atoms with van der Waals surface area (Å²) < 4.78 is 0. The molecule has 1 heterocycles. The van der Waals surface area contributed by atoms with E-state index in [1.54, 1.807) is 0 Å². The van der Waals surface area contributed by atoms with Crippen molar-refractivity contribution in [3.8, 4) is 6.07 Å². The van der Waals surface area contributed by atoms with E-state index >= 15 is 0 Å². The summed E-state index contributed by atoms with van der Waals surface area (Å²) in [5.74, 6) is 1.32. The van der Waals surface area contributed by atoms with Gasteiger partial charge in [-0.25, -0.2) is 0 Å². The van der Waals surface area contributed by atoms with E-state index in [4.69, 9.17) is 0 Å². The van der Waals surface area contributed by atoms with Crippen LogP contribution in [0.5, 0.6) is 0 Å². The number of rotatable bonds is 4. The molecule has 1 aliphatic carbocycles. The molecule has 0 amide bonds. The first-order valence-electron chi connectivity index (χ1n) is 8.33. The molecule has 3 heteroatoms. The van der Waals surface area contributed by atoms with Crippen molar-refractivity contribution < 1.29 is 0 Å². The Morgan fingerprint density at radius 2 is 2.18 bits per heavy atom. The van der Waals surface area contributed by atoms with E-state index in [0.29, 0.717) is 17.9 Å². The van der Waals surface area contributed by atoms with Gasteiger partial charge in [0.05, 0.1) is 11.6 Å². The quantitative estimate of drug-likeness (QED) is 0.915.